The minimum Gasteiger partial charge on any atom is -0.310 e. The number of aromatic nitrogens is 2. The Hall–Kier alpha value is -1.32. The molecule has 1 N–H and O–H groups in total. The van der Waals surface area contributed by atoms with Crippen LogP contribution in [0.2, 0.25) is 5.02 Å². The summed E-state index contributed by atoms with van der Waals surface area (Å²) in [4.78, 5) is 0. The van der Waals surface area contributed by atoms with Crippen LogP contribution in [-0.4, -0.2) is 16.3 Å². The molecule has 19 heavy (non-hydrogen) atoms. The van der Waals surface area contributed by atoms with Crippen molar-refractivity contribution in [2.75, 3.05) is 6.54 Å². The van der Waals surface area contributed by atoms with Gasteiger partial charge in [-0.1, -0.05) is 18.5 Å². The number of hydrogen-bond donors (Lipinski definition) is 1. The van der Waals surface area contributed by atoms with Gasteiger partial charge in [0.2, 0.25) is 0 Å². The molecule has 0 saturated heterocycles. The van der Waals surface area contributed by atoms with Gasteiger partial charge in [0, 0.05) is 22.3 Å². The van der Waals surface area contributed by atoms with Crippen molar-refractivity contribution < 1.29 is 0 Å². The topological polar surface area (TPSA) is 29.9 Å². The SMILES string of the molecule is CCCNC(C)c1cnn(-c2ccc(Cl)cc2)c1C. The first kappa shape index (κ1) is 14.1. The lowest BCUT2D eigenvalue weighted by atomic mass is 10.1. The molecule has 4 heteroatoms. The van der Waals surface area contributed by atoms with Crippen LogP contribution in [0.15, 0.2) is 30.5 Å². The van der Waals surface area contributed by atoms with Gasteiger partial charge in [0.15, 0.2) is 0 Å². The molecule has 0 aliphatic carbocycles. The van der Waals surface area contributed by atoms with Crippen molar-refractivity contribution in [2.24, 2.45) is 0 Å². The molecule has 0 radical (unpaired) electrons. The molecule has 1 atom stereocenters. The molecule has 0 bridgehead atoms. The van der Waals surface area contributed by atoms with E-state index in [0.717, 1.165) is 23.7 Å². The predicted octanol–water partition coefficient (Wildman–Crippen LogP) is 3.89. The van der Waals surface area contributed by atoms with Crippen LogP contribution >= 0.6 is 11.6 Å². The van der Waals surface area contributed by atoms with E-state index in [0.29, 0.717) is 6.04 Å². The monoisotopic (exact) mass is 277 g/mol. The zero-order valence-electron chi connectivity index (χ0n) is 11.7. The normalized spacial score (nSPS) is 12.6. The highest BCUT2D eigenvalue weighted by Gasteiger charge is 2.13. The van der Waals surface area contributed by atoms with E-state index in [-0.39, 0.29) is 0 Å². The molecule has 1 heterocycles. The second-order valence-corrected chi connectivity index (χ2v) is 5.19. The summed E-state index contributed by atoms with van der Waals surface area (Å²) in [7, 11) is 0. The second-order valence-electron chi connectivity index (χ2n) is 4.75. The third kappa shape index (κ3) is 3.17. The number of benzene rings is 1. The van der Waals surface area contributed by atoms with Gasteiger partial charge in [-0.3, -0.25) is 0 Å². The second kappa shape index (κ2) is 6.22. The first-order valence-electron chi connectivity index (χ1n) is 6.67. The van der Waals surface area contributed by atoms with E-state index in [4.69, 9.17) is 11.6 Å². The maximum Gasteiger partial charge on any atom is 0.0649 e. The molecule has 0 spiro atoms. The Labute approximate surface area is 119 Å². The van der Waals surface area contributed by atoms with Crippen LogP contribution in [0.25, 0.3) is 5.69 Å². The van der Waals surface area contributed by atoms with Crippen molar-refractivity contribution in [2.45, 2.75) is 33.2 Å². The lowest BCUT2D eigenvalue weighted by Crippen LogP contribution is -2.19. The molecule has 0 saturated carbocycles. The lowest BCUT2D eigenvalue weighted by Gasteiger charge is -2.13. The molecule has 0 fully saturated rings. The highest BCUT2D eigenvalue weighted by molar-refractivity contribution is 6.30. The molecular weight excluding hydrogens is 258 g/mol. The van der Waals surface area contributed by atoms with Crippen LogP contribution in [0.3, 0.4) is 0 Å². The predicted molar refractivity (Wildman–Crippen MR) is 80.0 cm³/mol. The third-order valence-corrected chi connectivity index (χ3v) is 3.54. The van der Waals surface area contributed by atoms with Gasteiger partial charge in [0.05, 0.1) is 11.9 Å². The Morgan fingerprint density at radius 2 is 2.00 bits per heavy atom. The van der Waals surface area contributed by atoms with Crippen LogP contribution in [0.5, 0.6) is 0 Å². The molecule has 2 aromatic rings. The minimum absolute atomic E-state index is 0.320. The Bertz CT molecular complexity index is 531. The van der Waals surface area contributed by atoms with Crippen molar-refractivity contribution in [3.8, 4) is 5.69 Å². The number of hydrogen-bond acceptors (Lipinski definition) is 2. The summed E-state index contributed by atoms with van der Waals surface area (Å²) in [6.45, 7) is 7.46. The molecular formula is C15H20ClN3. The van der Waals surface area contributed by atoms with E-state index in [9.17, 15) is 0 Å². The quantitative estimate of drug-likeness (QED) is 0.898. The summed E-state index contributed by atoms with van der Waals surface area (Å²) in [5, 5.41) is 8.71. The molecule has 0 amide bonds. The summed E-state index contributed by atoms with van der Waals surface area (Å²) in [5.41, 5.74) is 3.44. The van der Waals surface area contributed by atoms with E-state index in [1.165, 1.54) is 11.3 Å². The van der Waals surface area contributed by atoms with Crippen molar-refractivity contribution in [1.82, 2.24) is 15.1 Å². The Morgan fingerprint density at radius 1 is 1.32 bits per heavy atom. The summed E-state index contributed by atoms with van der Waals surface area (Å²) < 4.78 is 1.95. The maximum absolute atomic E-state index is 5.91. The van der Waals surface area contributed by atoms with E-state index < -0.39 is 0 Å². The van der Waals surface area contributed by atoms with Gasteiger partial charge in [0.25, 0.3) is 0 Å². The highest BCUT2D eigenvalue weighted by atomic mass is 35.5. The van der Waals surface area contributed by atoms with E-state index in [1.54, 1.807) is 0 Å². The zero-order valence-corrected chi connectivity index (χ0v) is 12.4. The van der Waals surface area contributed by atoms with Crippen LogP contribution in [-0.2, 0) is 0 Å². The molecule has 1 unspecified atom stereocenters. The summed E-state index contributed by atoms with van der Waals surface area (Å²) in [6.07, 6.45) is 3.08. The van der Waals surface area contributed by atoms with Crippen LogP contribution in [0.1, 0.15) is 37.6 Å². The van der Waals surface area contributed by atoms with Crippen molar-refractivity contribution >= 4 is 11.6 Å². The number of halogens is 1. The Kier molecular flexibility index (Phi) is 4.61. The van der Waals surface area contributed by atoms with Crippen LogP contribution < -0.4 is 5.32 Å². The molecule has 2 rings (SSSR count). The van der Waals surface area contributed by atoms with Crippen molar-refractivity contribution in [3.63, 3.8) is 0 Å². The van der Waals surface area contributed by atoms with Gasteiger partial charge < -0.3 is 5.32 Å². The average Bonchev–Trinajstić information content (AvgIpc) is 2.79. The summed E-state index contributed by atoms with van der Waals surface area (Å²) in [6, 6.07) is 8.06. The smallest absolute Gasteiger partial charge is 0.0649 e. The van der Waals surface area contributed by atoms with Gasteiger partial charge in [-0.15, -0.1) is 0 Å². The summed E-state index contributed by atoms with van der Waals surface area (Å²) >= 11 is 5.91. The Morgan fingerprint density at radius 3 is 2.63 bits per heavy atom. The maximum atomic E-state index is 5.91. The van der Waals surface area contributed by atoms with Gasteiger partial charge in [-0.2, -0.15) is 5.10 Å². The molecule has 3 nitrogen and oxygen atoms in total. The average molecular weight is 278 g/mol. The lowest BCUT2D eigenvalue weighted by molar-refractivity contribution is 0.568. The standard InChI is InChI=1S/C15H20ClN3/c1-4-9-17-11(2)15-10-18-19(12(15)3)14-7-5-13(16)6-8-14/h5-8,10-11,17H,4,9H2,1-3H3. The van der Waals surface area contributed by atoms with Gasteiger partial charge in [0.1, 0.15) is 0 Å². The zero-order chi connectivity index (χ0) is 13.8. The van der Waals surface area contributed by atoms with Gasteiger partial charge in [-0.05, 0) is 51.1 Å². The van der Waals surface area contributed by atoms with E-state index in [2.05, 4.69) is 31.2 Å². The van der Waals surface area contributed by atoms with Crippen molar-refractivity contribution in [3.05, 3.63) is 46.7 Å². The molecule has 0 aliphatic rings. The Balaban J connectivity index is 2.25. The summed E-state index contributed by atoms with van der Waals surface area (Å²) in [5.74, 6) is 0. The first-order chi connectivity index (χ1) is 9.13. The van der Waals surface area contributed by atoms with E-state index >= 15 is 0 Å². The molecule has 1 aromatic carbocycles. The number of nitrogens with one attached hydrogen (secondary N) is 1. The molecule has 102 valence electrons. The van der Waals surface area contributed by atoms with Crippen molar-refractivity contribution in [1.29, 1.82) is 0 Å². The fraction of sp³-hybridized carbons (Fsp3) is 0.400. The molecule has 1 aromatic heterocycles. The van der Waals surface area contributed by atoms with Crippen LogP contribution in [0, 0.1) is 6.92 Å². The van der Waals surface area contributed by atoms with Gasteiger partial charge >= 0.3 is 0 Å². The largest absolute Gasteiger partial charge is 0.310 e. The van der Waals surface area contributed by atoms with E-state index in [1.807, 2.05) is 35.1 Å². The fourth-order valence-electron chi connectivity index (χ4n) is 2.16. The third-order valence-electron chi connectivity index (χ3n) is 3.29. The molecule has 0 aliphatic heterocycles. The first-order valence-corrected chi connectivity index (χ1v) is 7.05. The minimum atomic E-state index is 0.320. The highest BCUT2D eigenvalue weighted by Crippen LogP contribution is 2.21. The van der Waals surface area contributed by atoms with Crippen LogP contribution in [0.4, 0.5) is 0 Å². The number of rotatable bonds is 5. The fourth-order valence-corrected chi connectivity index (χ4v) is 2.29. The van der Waals surface area contributed by atoms with Gasteiger partial charge in [-0.25, -0.2) is 4.68 Å². The number of nitrogens with zero attached hydrogens (tertiary/aromatic N) is 2.